The molecule has 0 aliphatic rings. The highest BCUT2D eigenvalue weighted by molar-refractivity contribution is 6.08. The van der Waals surface area contributed by atoms with Crippen molar-refractivity contribution >= 4 is 22.6 Å². The number of pyridine rings is 2. The predicted octanol–water partition coefficient (Wildman–Crippen LogP) is 2.18. The van der Waals surface area contributed by atoms with Crippen LogP contribution in [0.2, 0.25) is 0 Å². The number of aryl methyl sites for hydroxylation is 1. The molecule has 28 heavy (non-hydrogen) atoms. The molecule has 0 unspecified atom stereocenters. The van der Waals surface area contributed by atoms with Gasteiger partial charge in [-0.25, -0.2) is 0 Å². The average molecular weight is 382 g/mol. The molecule has 0 aliphatic carbocycles. The third-order valence-corrected chi connectivity index (χ3v) is 4.48. The number of carbonyl (C=O) groups excluding carboxylic acids is 1. The Morgan fingerprint density at radius 2 is 1.96 bits per heavy atom. The summed E-state index contributed by atoms with van der Waals surface area (Å²) < 4.78 is 6.81. The number of primary amides is 1. The van der Waals surface area contributed by atoms with Gasteiger partial charge in [0.2, 0.25) is 0 Å². The molecule has 0 atom stereocenters. The molecule has 1 amide bonds. The first-order valence-corrected chi connectivity index (χ1v) is 8.73. The van der Waals surface area contributed by atoms with E-state index in [0.29, 0.717) is 22.6 Å². The van der Waals surface area contributed by atoms with E-state index in [1.165, 1.54) is 22.9 Å². The molecule has 2 aromatic heterocycles. The van der Waals surface area contributed by atoms with Gasteiger partial charge in [0, 0.05) is 5.56 Å². The van der Waals surface area contributed by atoms with Crippen LogP contribution in [0.5, 0.6) is 11.5 Å². The largest absolute Gasteiger partial charge is 0.508 e. The molecule has 8 nitrogen and oxygen atoms in total. The predicted molar refractivity (Wildman–Crippen MR) is 107 cm³/mol. The van der Waals surface area contributed by atoms with Crippen LogP contribution >= 0.6 is 0 Å². The summed E-state index contributed by atoms with van der Waals surface area (Å²) in [6.07, 6.45) is 1.30. The molecule has 146 valence electrons. The number of nitrogens with zero attached hydrogens (tertiary/aromatic N) is 2. The second-order valence-corrected chi connectivity index (χ2v) is 6.87. The number of nitrogen functional groups attached to an aromatic ring is 1. The normalized spacial score (nSPS) is 11.2. The Morgan fingerprint density at radius 3 is 2.57 bits per heavy atom. The maximum Gasteiger partial charge on any atom is 0.266 e. The number of carbonyl (C=O) groups is 1. The van der Waals surface area contributed by atoms with Gasteiger partial charge in [-0.05, 0) is 45.4 Å². The smallest absolute Gasteiger partial charge is 0.266 e. The number of aromatic nitrogens is 2. The molecule has 8 heteroatoms. The number of fused-ring (bicyclic) bond motifs is 1. The number of benzene rings is 1. The zero-order valence-electron chi connectivity index (χ0n) is 16.1. The summed E-state index contributed by atoms with van der Waals surface area (Å²) in [5.41, 5.74) is 12.8. The van der Waals surface area contributed by atoms with Gasteiger partial charge in [0.25, 0.3) is 11.5 Å². The van der Waals surface area contributed by atoms with Gasteiger partial charge in [0.15, 0.2) is 0 Å². The summed E-state index contributed by atoms with van der Waals surface area (Å²) >= 11 is 0. The monoisotopic (exact) mass is 382 g/mol. The summed E-state index contributed by atoms with van der Waals surface area (Å²) in [5, 5.41) is 10.3. The number of aromatic hydroxyl groups is 1. The molecule has 0 saturated heterocycles. The number of phenols is 1. The molecule has 0 saturated carbocycles. The lowest BCUT2D eigenvalue weighted by Gasteiger charge is -2.19. The molecule has 0 aliphatic heterocycles. The van der Waals surface area contributed by atoms with Gasteiger partial charge in [-0.1, -0.05) is 6.07 Å². The van der Waals surface area contributed by atoms with Crippen LogP contribution < -0.4 is 21.8 Å². The number of ether oxygens (including phenoxy) is 1. The molecule has 3 rings (SSSR count). The minimum atomic E-state index is -0.809. The number of hydrogen-bond donors (Lipinski definition) is 3. The van der Waals surface area contributed by atoms with E-state index in [-0.39, 0.29) is 34.1 Å². The van der Waals surface area contributed by atoms with Crippen molar-refractivity contribution in [3.05, 3.63) is 51.4 Å². The minimum absolute atomic E-state index is 0.00244. The van der Waals surface area contributed by atoms with E-state index in [2.05, 4.69) is 4.98 Å². The fourth-order valence-electron chi connectivity index (χ4n) is 3.24. The Balaban J connectivity index is 2.49. The first-order chi connectivity index (χ1) is 13.1. The maximum atomic E-state index is 13.3. The molecule has 0 fully saturated rings. The molecule has 0 radical (unpaired) electrons. The molecule has 1 aromatic carbocycles. The van der Waals surface area contributed by atoms with E-state index in [0.717, 1.165) is 0 Å². The number of phenolic OH excluding ortho intramolecular Hbond substituents is 1. The number of nitrogens with two attached hydrogens (primary N) is 2. The molecular weight excluding hydrogens is 360 g/mol. The van der Waals surface area contributed by atoms with Crippen molar-refractivity contribution in [3.8, 4) is 17.2 Å². The van der Waals surface area contributed by atoms with Crippen LogP contribution in [0.25, 0.3) is 16.6 Å². The summed E-state index contributed by atoms with van der Waals surface area (Å²) in [6.45, 7) is 7.13. The van der Waals surface area contributed by atoms with Crippen LogP contribution in [0.1, 0.15) is 35.3 Å². The Bertz CT molecular complexity index is 1170. The number of anilines is 1. The number of rotatable bonds is 4. The highest BCUT2D eigenvalue weighted by atomic mass is 16.5. The molecular formula is C20H22N4O4. The van der Waals surface area contributed by atoms with E-state index < -0.39 is 11.5 Å². The SMILES string of the molecule is Cc1ccc(O)c(C)c1-n1c(N)c(C(N)=O)c2ncc(OC(C)C)cc2c1=O. The zero-order valence-corrected chi connectivity index (χ0v) is 16.1. The quantitative estimate of drug-likeness (QED) is 0.633. The van der Waals surface area contributed by atoms with Gasteiger partial charge in [-0.2, -0.15) is 0 Å². The average Bonchev–Trinajstić information content (AvgIpc) is 2.61. The highest BCUT2D eigenvalue weighted by Gasteiger charge is 2.23. The molecule has 5 N–H and O–H groups in total. The van der Waals surface area contributed by atoms with E-state index in [1.54, 1.807) is 19.9 Å². The van der Waals surface area contributed by atoms with Gasteiger partial charge in [-0.15, -0.1) is 0 Å². The van der Waals surface area contributed by atoms with E-state index >= 15 is 0 Å². The third-order valence-electron chi connectivity index (χ3n) is 4.48. The Labute approximate surface area is 161 Å². The van der Waals surface area contributed by atoms with E-state index in [4.69, 9.17) is 16.2 Å². The lowest BCUT2D eigenvalue weighted by molar-refractivity contribution is 0.100. The van der Waals surface area contributed by atoms with Crippen molar-refractivity contribution in [3.63, 3.8) is 0 Å². The third kappa shape index (κ3) is 3.02. The second kappa shape index (κ2) is 6.88. The van der Waals surface area contributed by atoms with Crippen LogP contribution in [0.15, 0.2) is 29.2 Å². The Kier molecular flexibility index (Phi) is 4.72. The Hall–Kier alpha value is -3.55. The van der Waals surface area contributed by atoms with Crippen molar-refractivity contribution in [1.82, 2.24) is 9.55 Å². The topological polar surface area (TPSA) is 133 Å². The molecule has 3 aromatic rings. The van der Waals surface area contributed by atoms with Crippen molar-refractivity contribution in [2.24, 2.45) is 5.73 Å². The highest BCUT2D eigenvalue weighted by Crippen LogP contribution is 2.31. The van der Waals surface area contributed by atoms with Crippen molar-refractivity contribution < 1.29 is 14.6 Å². The zero-order chi connectivity index (χ0) is 20.7. The van der Waals surface area contributed by atoms with Gasteiger partial charge in [0.05, 0.1) is 28.9 Å². The fraction of sp³-hybridized carbons (Fsp3) is 0.250. The first-order valence-electron chi connectivity index (χ1n) is 8.73. The van der Waals surface area contributed by atoms with Crippen molar-refractivity contribution in [2.75, 3.05) is 5.73 Å². The first kappa shape index (κ1) is 19.2. The van der Waals surface area contributed by atoms with Crippen molar-refractivity contribution in [1.29, 1.82) is 0 Å². The van der Waals surface area contributed by atoms with E-state index in [9.17, 15) is 14.7 Å². The number of amides is 1. The van der Waals surface area contributed by atoms with Gasteiger partial charge in [0.1, 0.15) is 22.9 Å². The summed E-state index contributed by atoms with van der Waals surface area (Å²) in [5.74, 6) is -0.554. The maximum absolute atomic E-state index is 13.3. The van der Waals surface area contributed by atoms with Crippen LogP contribution in [-0.4, -0.2) is 26.7 Å². The van der Waals surface area contributed by atoms with Crippen LogP contribution in [0.3, 0.4) is 0 Å². The Morgan fingerprint density at radius 1 is 1.29 bits per heavy atom. The molecule has 2 heterocycles. The van der Waals surface area contributed by atoms with Gasteiger partial charge in [-0.3, -0.25) is 19.1 Å². The lowest BCUT2D eigenvalue weighted by Crippen LogP contribution is -2.28. The molecule has 0 spiro atoms. The lowest BCUT2D eigenvalue weighted by atomic mass is 10.1. The summed E-state index contributed by atoms with van der Waals surface area (Å²) in [7, 11) is 0. The minimum Gasteiger partial charge on any atom is -0.508 e. The summed E-state index contributed by atoms with van der Waals surface area (Å²) in [6, 6.07) is 4.70. The standard InChI is InChI=1S/C20H22N4O4/c1-9(2)28-12-7-13-16(23-8-12)15(19(22)26)18(21)24(20(13)27)17-10(3)5-6-14(25)11(17)4/h5-9,25H,21H2,1-4H3,(H2,22,26). The van der Waals surface area contributed by atoms with Crippen molar-refractivity contribution in [2.45, 2.75) is 33.8 Å². The number of hydrogen-bond acceptors (Lipinski definition) is 6. The van der Waals surface area contributed by atoms with Gasteiger partial charge >= 0.3 is 0 Å². The van der Waals surface area contributed by atoms with Crippen LogP contribution in [0, 0.1) is 13.8 Å². The second-order valence-electron chi connectivity index (χ2n) is 6.87. The van der Waals surface area contributed by atoms with Gasteiger partial charge < -0.3 is 21.3 Å². The van der Waals surface area contributed by atoms with Crippen LogP contribution in [0.4, 0.5) is 5.82 Å². The van der Waals surface area contributed by atoms with Crippen LogP contribution in [-0.2, 0) is 0 Å². The van der Waals surface area contributed by atoms with E-state index in [1.807, 2.05) is 13.8 Å². The fourth-order valence-corrected chi connectivity index (χ4v) is 3.24. The summed E-state index contributed by atoms with van der Waals surface area (Å²) in [4.78, 5) is 29.7. The molecule has 0 bridgehead atoms.